The van der Waals surface area contributed by atoms with Gasteiger partial charge in [-0.2, -0.15) is 0 Å². The Morgan fingerprint density at radius 3 is 2.61 bits per heavy atom. The molecule has 160 valence electrons. The maximum Gasteiger partial charge on any atom is 0.266 e. The highest BCUT2D eigenvalue weighted by molar-refractivity contribution is 7.90. The van der Waals surface area contributed by atoms with E-state index in [9.17, 15) is 17.2 Å². The SMILES string of the molecule is O=S1(=O)NC(=NCc2ncccc2F)Nc2c1ccc(Cl)c2Oc1cccc(F)c1Cl. The number of pyridine rings is 1. The number of halogens is 4. The summed E-state index contributed by atoms with van der Waals surface area (Å²) < 4.78 is 60.9. The van der Waals surface area contributed by atoms with Crippen molar-refractivity contribution in [1.29, 1.82) is 0 Å². The van der Waals surface area contributed by atoms with Gasteiger partial charge in [0.05, 0.1) is 17.3 Å². The molecule has 1 aromatic heterocycles. The number of anilines is 1. The molecule has 0 radical (unpaired) electrons. The molecule has 0 bridgehead atoms. The van der Waals surface area contributed by atoms with E-state index in [0.717, 1.165) is 6.07 Å². The van der Waals surface area contributed by atoms with E-state index >= 15 is 0 Å². The molecule has 0 spiro atoms. The number of fused-ring (bicyclic) bond motifs is 1. The summed E-state index contributed by atoms with van der Waals surface area (Å²) in [5, 5.41) is 2.51. The van der Waals surface area contributed by atoms with Crippen molar-refractivity contribution in [2.24, 2.45) is 4.99 Å². The molecule has 2 aromatic carbocycles. The van der Waals surface area contributed by atoms with E-state index in [0.29, 0.717) is 0 Å². The van der Waals surface area contributed by atoms with Crippen LogP contribution in [0.5, 0.6) is 11.5 Å². The first-order chi connectivity index (χ1) is 14.8. The van der Waals surface area contributed by atoms with Gasteiger partial charge in [-0.05, 0) is 36.4 Å². The molecule has 12 heteroatoms. The minimum absolute atomic E-state index is 0.0240. The summed E-state index contributed by atoms with van der Waals surface area (Å²) in [4.78, 5) is 7.73. The Kier molecular flexibility index (Phi) is 5.69. The second kappa shape index (κ2) is 8.29. The highest BCUT2D eigenvalue weighted by atomic mass is 35.5. The van der Waals surface area contributed by atoms with Crippen LogP contribution in [0.15, 0.2) is 58.5 Å². The van der Waals surface area contributed by atoms with Gasteiger partial charge in [-0.3, -0.25) is 4.98 Å². The summed E-state index contributed by atoms with van der Waals surface area (Å²) in [6.07, 6.45) is 1.39. The Balaban J connectivity index is 1.74. The van der Waals surface area contributed by atoms with Crippen LogP contribution < -0.4 is 14.8 Å². The summed E-state index contributed by atoms with van der Waals surface area (Å²) in [5.74, 6) is -1.67. The Morgan fingerprint density at radius 1 is 1.06 bits per heavy atom. The fraction of sp³-hybridized carbons (Fsp3) is 0.0526. The van der Waals surface area contributed by atoms with Crippen LogP contribution in [0.25, 0.3) is 0 Å². The van der Waals surface area contributed by atoms with Gasteiger partial charge in [0.1, 0.15) is 33.0 Å². The molecule has 1 aliphatic rings. The number of nitrogens with zero attached hydrogens (tertiary/aromatic N) is 2. The number of guanidine groups is 1. The average molecular weight is 485 g/mol. The highest BCUT2D eigenvalue weighted by Crippen LogP contribution is 2.43. The van der Waals surface area contributed by atoms with Gasteiger partial charge < -0.3 is 10.1 Å². The Labute approximate surface area is 185 Å². The maximum absolute atomic E-state index is 13.8. The lowest BCUT2D eigenvalue weighted by molar-refractivity contribution is 0.477. The van der Waals surface area contributed by atoms with Crippen LogP contribution in [0.4, 0.5) is 14.5 Å². The number of ether oxygens (including phenoxy) is 1. The second-order valence-corrected chi connectivity index (χ2v) is 8.67. The molecule has 0 atom stereocenters. The van der Waals surface area contributed by atoms with E-state index in [1.165, 1.54) is 42.6 Å². The molecule has 31 heavy (non-hydrogen) atoms. The zero-order chi connectivity index (χ0) is 22.2. The number of hydrogen-bond acceptors (Lipinski definition) is 5. The molecule has 2 N–H and O–H groups in total. The quantitative estimate of drug-likeness (QED) is 0.558. The molecule has 3 aromatic rings. The third-order valence-electron chi connectivity index (χ3n) is 4.19. The first-order valence-corrected chi connectivity index (χ1v) is 10.9. The van der Waals surface area contributed by atoms with Crippen molar-refractivity contribution in [3.05, 3.63) is 76.0 Å². The predicted molar refractivity (Wildman–Crippen MR) is 112 cm³/mol. The number of hydrogen-bond donors (Lipinski definition) is 2. The van der Waals surface area contributed by atoms with Crippen LogP contribution in [0.3, 0.4) is 0 Å². The van der Waals surface area contributed by atoms with E-state index < -0.39 is 21.7 Å². The Hall–Kier alpha value is -2.95. The van der Waals surface area contributed by atoms with Gasteiger partial charge in [0.2, 0.25) is 5.96 Å². The number of nitrogens with one attached hydrogen (secondary N) is 2. The smallest absolute Gasteiger partial charge is 0.266 e. The topological polar surface area (TPSA) is 92.7 Å². The summed E-state index contributed by atoms with van der Waals surface area (Å²) in [7, 11) is -4.06. The molecule has 0 saturated heterocycles. The predicted octanol–water partition coefficient (Wildman–Crippen LogP) is 4.72. The van der Waals surface area contributed by atoms with Crippen molar-refractivity contribution in [2.45, 2.75) is 11.4 Å². The fourth-order valence-electron chi connectivity index (χ4n) is 2.74. The second-order valence-electron chi connectivity index (χ2n) is 6.23. The molecule has 4 rings (SSSR count). The molecule has 0 amide bonds. The lowest BCUT2D eigenvalue weighted by Gasteiger charge is -2.24. The third-order valence-corrected chi connectivity index (χ3v) is 6.23. The Bertz CT molecular complexity index is 1320. The monoisotopic (exact) mass is 484 g/mol. The van der Waals surface area contributed by atoms with Gasteiger partial charge in [-0.15, -0.1) is 0 Å². The van der Waals surface area contributed by atoms with Crippen LogP contribution >= 0.6 is 23.2 Å². The highest BCUT2D eigenvalue weighted by Gasteiger charge is 2.31. The normalized spacial score (nSPS) is 15.7. The van der Waals surface area contributed by atoms with Crippen molar-refractivity contribution in [3.63, 3.8) is 0 Å². The van der Waals surface area contributed by atoms with Gasteiger partial charge in [0.15, 0.2) is 5.75 Å². The average Bonchev–Trinajstić information content (AvgIpc) is 2.72. The van der Waals surface area contributed by atoms with E-state index in [1.807, 2.05) is 0 Å². The van der Waals surface area contributed by atoms with Crippen LogP contribution in [0.1, 0.15) is 5.69 Å². The molecule has 0 aliphatic carbocycles. The van der Waals surface area contributed by atoms with Gasteiger partial charge >= 0.3 is 0 Å². The zero-order valence-electron chi connectivity index (χ0n) is 15.4. The molecule has 2 heterocycles. The van der Waals surface area contributed by atoms with Crippen molar-refractivity contribution >= 4 is 44.9 Å². The third kappa shape index (κ3) is 4.27. The minimum atomic E-state index is -4.06. The van der Waals surface area contributed by atoms with Crippen molar-refractivity contribution < 1.29 is 21.9 Å². The summed E-state index contributed by atoms with van der Waals surface area (Å²) in [6, 6.07) is 9.13. The van der Waals surface area contributed by atoms with E-state index in [1.54, 1.807) is 0 Å². The molecule has 7 nitrogen and oxygen atoms in total. The number of rotatable bonds is 4. The van der Waals surface area contributed by atoms with E-state index in [4.69, 9.17) is 27.9 Å². The van der Waals surface area contributed by atoms with Gasteiger partial charge in [-0.25, -0.2) is 26.9 Å². The molecule has 0 unspecified atom stereocenters. The Morgan fingerprint density at radius 2 is 1.84 bits per heavy atom. The maximum atomic E-state index is 13.8. The van der Waals surface area contributed by atoms with Crippen molar-refractivity contribution in [1.82, 2.24) is 9.71 Å². The largest absolute Gasteiger partial charge is 0.452 e. The number of sulfonamides is 1. The van der Waals surface area contributed by atoms with Crippen molar-refractivity contribution in [3.8, 4) is 11.5 Å². The van der Waals surface area contributed by atoms with Crippen molar-refractivity contribution in [2.75, 3.05) is 5.32 Å². The minimum Gasteiger partial charge on any atom is -0.452 e. The molecular weight excluding hydrogens is 473 g/mol. The summed E-state index contributed by atoms with van der Waals surface area (Å²) in [5.41, 5.74) is -0.0114. The lowest BCUT2D eigenvalue weighted by atomic mass is 10.2. The molecule has 0 fully saturated rings. The standard InChI is InChI=1S/C19H12Cl2F2N4O3S/c20-10-6-7-15-17(18(10)30-14-5-1-3-12(23)16(14)21)26-19(27-31(15,28)29)25-9-13-11(22)4-2-8-24-13/h1-8H,9H2,(H2,25,26,27). The summed E-state index contributed by atoms with van der Waals surface area (Å²) in [6.45, 7) is -0.237. The van der Waals surface area contributed by atoms with Crippen LogP contribution in [0.2, 0.25) is 10.0 Å². The van der Waals surface area contributed by atoms with Crippen LogP contribution in [-0.2, 0) is 16.6 Å². The molecule has 1 aliphatic heterocycles. The van der Waals surface area contributed by atoms with Crippen LogP contribution in [-0.4, -0.2) is 19.4 Å². The van der Waals surface area contributed by atoms with Gasteiger partial charge in [-0.1, -0.05) is 29.3 Å². The van der Waals surface area contributed by atoms with Gasteiger partial charge in [0, 0.05) is 6.20 Å². The zero-order valence-corrected chi connectivity index (χ0v) is 17.7. The van der Waals surface area contributed by atoms with E-state index in [2.05, 4.69) is 20.0 Å². The first-order valence-electron chi connectivity index (χ1n) is 8.64. The first kappa shape index (κ1) is 21.3. The lowest BCUT2D eigenvalue weighted by Crippen LogP contribution is -2.41. The van der Waals surface area contributed by atoms with Gasteiger partial charge in [0.25, 0.3) is 10.0 Å². The number of aromatic nitrogens is 1. The van der Waals surface area contributed by atoms with E-state index in [-0.39, 0.29) is 50.3 Å². The summed E-state index contributed by atoms with van der Waals surface area (Å²) >= 11 is 12.2. The van der Waals surface area contributed by atoms with Crippen LogP contribution in [0, 0.1) is 11.6 Å². The molecule has 0 saturated carbocycles. The number of benzene rings is 2. The number of aliphatic imine (C=N–C) groups is 1. The fourth-order valence-corrected chi connectivity index (χ4v) is 4.24. The molecular formula is C19H12Cl2F2N4O3S.